The first-order valence-corrected chi connectivity index (χ1v) is 10.6. The van der Waals surface area contributed by atoms with E-state index in [4.69, 9.17) is 0 Å². The van der Waals surface area contributed by atoms with E-state index >= 15 is 0 Å². The highest BCUT2D eigenvalue weighted by molar-refractivity contribution is 6.11. The maximum atomic E-state index is 13.0. The Balaban J connectivity index is 1.44. The van der Waals surface area contributed by atoms with Crippen LogP contribution in [0.25, 0.3) is 0 Å². The molecule has 0 aromatic heterocycles. The molecule has 9 nitrogen and oxygen atoms in total. The minimum atomic E-state index is -2.99. The average molecular weight is 472 g/mol. The lowest BCUT2D eigenvalue weighted by molar-refractivity contribution is -0.133. The van der Waals surface area contributed by atoms with Crippen molar-refractivity contribution in [3.63, 3.8) is 0 Å². The van der Waals surface area contributed by atoms with E-state index in [0.717, 1.165) is 17.7 Å². The second-order valence-corrected chi connectivity index (χ2v) is 8.19. The quantitative estimate of drug-likeness (QED) is 0.511. The molecule has 3 N–H and O–H groups in total. The van der Waals surface area contributed by atoms with E-state index in [0.29, 0.717) is 5.56 Å². The number of nitrogens with zero attached hydrogens (tertiary/aromatic N) is 1. The Hall–Kier alpha value is -4.02. The largest absolute Gasteiger partial charge is 0.435 e. The van der Waals surface area contributed by atoms with Crippen LogP contribution in [-0.4, -0.2) is 47.9 Å². The second kappa shape index (κ2) is 9.08. The van der Waals surface area contributed by atoms with Crippen molar-refractivity contribution in [3.05, 3.63) is 59.7 Å². The molecule has 1 aliphatic heterocycles. The van der Waals surface area contributed by atoms with Gasteiger partial charge in [0.05, 0.1) is 11.3 Å². The van der Waals surface area contributed by atoms with Gasteiger partial charge in [-0.15, -0.1) is 0 Å². The van der Waals surface area contributed by atoms with Crippen molar-refractivity contribution in [1.29, 1.82) is 0 Å². The standard InChI is InChI=1S/C23H22F2N4O5/c1-23(13-6-10-15(11-7-13)34-21(24)25)20(32)29(22(33)28-23)12-18(30)27-17-5-3-2-4-16(17)19(31)26-14-8-9-14/h2-7,10-11,14,21H,8-9,12H2,1H3,(H,26,31)(H,27,30)(H,28,33). The van der Waals surface area contributed by atoms with Crippen LogP contribution >= 0.6 is 0 Å². The Kier molecular flexibility index (Phi) is 6.18. The molecule has 2 aromatic carbocycles. The van der Waals surface area contributed by atoms with E-state index in [2.05, 4.69) is 20.7 Å². The van der Waals surface area contributed by atoms with Crippen molar-refractivity contribution < 1.29 is 32.7 Å². The van der Waals surface area contributed by atoms with Crippen molar-refractivity contribution in [1.82, 2.24) is 15.5 Å². The molecule has 2 aliphatic rings. The number of alkyl halides is 2. The van der Waals surface area contributed by atoms with Crippen LogP contribution in [0.3, 0.4) is 0 Å². The molecule has 4 rings (SSSR count). The van der Waals surface area contributed by atoms with Crippen LogP contribution in [0.2, 0.25) is 0 Å². The predicted octanol–water partition coefficient (Wildman–Crippen LogP) is 2.59. The summed E-state index contributed by atoms with van der Waals surface area (Å²) in [4.78, 5) is 51.4. The molecule has 5 amide bonds. The molecule has 178 valence electrons. The molecule has 34 heavy (non-hydrogen) atoms. The summed E-state index contributed by atoms with van der Waals surface area (Å²) in [6, 6.07) is 11.1. The van der Waals surface area contributed by atoms with Crippen LogP contribution in [0.1, 0.15) is 35.7 Å². The molecule has 1 atom stereocenters. The van der Waals surface area contributed by atoms with E-state index in [1.54, 1.807) is 24.3 Å². The van der Waals surface area contributed by atoms with E-state index in [-0.39, 0.29) is 28.9 Å². The zero-order valence-corrected chi connectivity index (χ0v) is 18.1. The van der Waals surface area contributed by atoms with Crippen LogP contribution in [0.4, 0.5) is 19.3 Å². The molecule has 2 aromatic rings. The molecule has 1 saturated heterocycles. The van der Waals surface area contributed by atoms with Gasteiger partial charge in [0.2, 0.25) is 5.91 Å². The Morgan fingerprint density at radius 1 is 1.15 bits per heavy atom. The third-order valence-electron chi connectivity index (χ3n) is 5.59. The van der Waals surface area contributed by atoms with Crippen molar-refractivity contribution in [2.24, 2.45) is 0 Å². The van der Waals surface area contributed by atoms with Crippen molar-refractivity contribution in [2.45, 2.75) is 38.0 Å². The number of carbonyl (C=O) groups excluding carboxylic acids is 4. The molecule has 1 saturated carbocycles. The molecule has 1 heterocycles. The minimum Gasteiger partial charge on any atom is -0.435 e. The number of nitrogens with one attached hydrogen (secondary N) is 3. The number of hydrogen-bond donors (Lipinski definition) is 3. The van der Waals surface area contributed by atoms with Gasteiger partial charge in [-0.25, -0.2) is 4.79 Å². The summed E-state index contributed by atoms with van der Waals surface area (Å²) >= 11 is 0. The van der Waals surface area contributed by atoms with Gasteiger partial charge in [0.1, 0.15) is 17.8 Å². The molecule has 0 radical (unpaired) electrons. The molecule has 0 spiro atoms. The molecular formula is C23H22F2N4O5. The fraction of sp³-hybridized carbons (Fsp3) is 0.304. The zero-order chi connectivity index (χ0) is 24.5. The van der Waals surface area contributed by atoms with E-state index in [9.17, 15) is 28.0 Å². The number of anilines is 1. The summed E-state index contributed by atoms with van der Waals surface area (Å²) in [5, 5.41) is 7.97. The third-order valence-corrected chi connectivity index (χ3v) is 5.59. The maximum absolute atomic E-state index is 13.0. The third kappa shape index (κ3) is 4.82. The van der Waals surface area contributed by atoms with Crippen LogP contribution in [0.15, 0.2) is 48.5 Å². The average Bonchev–Trinajstić information content (AvgIpc) is 3.57. The Morgan fingerprint density at radius 2 is 1.82 bits per heavy atom. The van der Waals surface area contributed by atoms with Crippen LogP contribution < -0.4 is 20.7 Å². The number of urea groups is 1. The van der Waals surface area contributed by atoms with Gasteiger partial charge in [0, 0.05) is 6.04 Å². The molecule has 1 unspecified atom stereocenters. The number of ether oxygens (including phenoxy) is 1. The van der Waals surface area contributed by atoms with Gasteiger partial charge in [-0.2, -0.15) is 8.78 Å². The van der Waals surface area contributed by atoms with Gasteiger partial charge in [-0.05, 0) is 49.6 Å². The highest BCUT2D eigenvalue weighted by Crippen LogP contribution is 2.30. The summed E-state index contributed by atoms with van der Waals surface area (Å²) < 4.78 is 29.0. The number of imide groups is 1. The van der Waals surface area contributed by atoms with Gasteiger partial charge in [-0.3, -0.25) is 19.3 Å². The number of benzene rings is 2. The summed E-state index contributed by atoms with van der Waals surface area (Å²) in [6.07, 6.45) is 1.82. The Morgan fingerprint density at radius 3 is 2.47 bits per heavy atom. The lowest BCUT2D eigenvalue weighted by atomic mass is 9.92. The van der Waals surface area contributed by atoms with Crippen molar-refractivity contribution >= 4 is 29.4 Å². The lowest BCUT2D eigenvalue weighted by Gasteiger charge is -2.22. The summed E-state index contributed by atoms with van der Waals surface area (Å²) in [5.74, 6) is -1.77. The number of carbonyl (C=O) groups is 4. The van der Waals surface area contributed by atoms with E-state index < -0.39 is 36.5 Å². The Labute approximate surface area is 193 Å². The highest BCUT2D eigenvalue weighted by atomic mass is 19.3. The van der Waals surface area contributed by atoms with Gasteiger partial charge in [-0.1, -0.05) is 24.3 Å². The fourth-order valence-electron chi connectivity index (χ4n) is 3.62. The SMILES string of the molecule is CC1(c2ccc(OC(F)F)cc2)NC(=O)N(CC(=O)Nc2ccccc2C(=O)NC2CC2)C1=O. The first-order valence-electron chi connectivity index (χ1n) is 10.6. The van der Waals surface area contributed by atoms with Crippen molar-refractivity contribution in [3.8, 4) is 5.75 Å². The monoisotopic (exact) mass is 472 g/mol. The number of para-hydroxylation sites is 1. The van der Waals surface area contributed by atoms with Crippen LogP contribution in [0, 0.1) is 0 Å². The number of rotatable bonds is 8. The van der Waals surface area contributed by atoms with E-state index in [1.807, 2.05) is 0 Å². The first-order chi connectivity index (χ1) is 16.2. The number of amides is 5. The topological polar surface area (TPSA) is 117 Å². The summed E-state index contributed by atoms with van der Waals surface area (Å²) in [7, 11) is 0. The lowest BCUT2D eigenvalue weighted by Crippen LogP contribution is -2.42. The maximum Gasteiger partial charge on any atom is 0.387 e. The Bertz CT molecular complexity index is 1140. The molecule has 11 heteroatoms. The summed E-state index contributed by atoms with van der Waals surface area (Å²) in [5.41, 5.74) is -0.633. The molecule has 0 bridgehead atoms. The minimum absolute atomic E-state index is 0.0975. The first kappa shape index (κ1) is 23.1. The van der Waals surface area contributed by atoms with Crippen molar-refractivity contribution in [2.75, 3.05) is 11.9 Å². The van der Waals surface area contributed by atoms with Crippen LogP contribution in [0.5, 0.6) is 5.75 Å². The van der Waals surface area contributed by atoms with Crippen LogP contribution in [-0.2, 0) is 15.1 Å². The second-order valence-electron chi connectivity index (χ2n) is 8.19. The van der Waals surface area contributed by atoms with Gasteiger partial charge in [0.15, 0.2) is 0 Å². The smallest absolute Gasteiger partial charge is 0.387 e. The summed E-state index contributed by atoms with van der Waals surface area (Å²) in [6.45, 7) is -2.12. The van der Waals surface area contributed by atoms with Gasteiger partial charge in [0.25, 0.3) is 11.8 Å². The van der Waals surface area contributed by atoms with E-state index in [1.165, 1.54) is 31.2 Å². The van der Waals surface area contributed by atoms with Gasteiger partial charge >= 0.3 is 12.6 Å². The number of halogens is 2. The molecular weight excluding hydrogens is 450 g/mol. The fourth-order valence-corrected chi connectivity index (χ4v) is 3.62. The number of hydrogen-bond acceptors (Lipinski definition) is 5. The molecule has 2 fully saturated rings. The zero-order valence-electron chi connectivity index (χ0n) is 18.1. The molecule has 1 aliphatic carbocycles. The normalized spacial score (nSPS) is 19.7. The predicted molar refractivity (Wildman–Crippen MR) is 116 cm³/mol. The highest BCUT2D eigenvalue weighted by Gasteiger charge is 2.49. The van der Waals surface area contributed by atoms with Gasteiger partial charge < -0.3 is 20.7 Å².